The van der Waals surface area contributed by atoms with E-state index < -0.39 is 0 Å². The maximum Gasteiger partial charge on any atom is 0.165 e. The van der Waals surface area contributed by atoms with Crippen LogP contribution in [0.5, 0.6) is 5.75 Å². The van der Waals surface area contributed by atoms with Gasteiger partial charge in [0, 0.05) is 49.2 Å². The Hall–Kier alpha value is -6.37. The Morgan fingerprint density at radius 3 is 1.96 bits per heavy atom. The Morgan fingerprint density at radius 1 is 0.569 bits per heavy atom. The van der Waals surface area contributed by atoms with E-state index in [2.05, 4.69) is 114 Å². The SMILES string of the molecule is C1=CC2C3=C(C1)Oc1ccccc1N3c1ccc(-c3cccc4c3sc3c(-c5nc(-c6ccccc6)nc(-c6ccccc6)n5)cccc34)cc12. The smallest absolute Gasteiger partial charge is 0.165 e. The molecule has 1 unspecified atom stereocenters. The zero-order valence-electron chi connectivity index (χ0n) is 27.3. The summed E-state index contributed by atoms with van der Waals surface area (Å²) >= 11 is 1.82. The van der Waals surface area contributed by atoms with Crippen molar-refractivity contribution in [3.8, 4) is 51.0 Å². The first-order valence-corrected chi connectivity index (χ1v) is 18.0. The number of rotatable bonds is 4. The standard InChI is InChI=1S/C45H28N4OS/c1-3-12-27(13-4-1)43-46-44(28-14-5-2-6-15-28)48-45(47-43)34-20-10-19-33-32-18-9-16-30(41(32)51-42(33)34)29-24-25-36-35(26-29)31-17-11-23-39-40(31)49(36)37-21-7-8-22-38(37)50-39/h1-22,24-26,31H,23H2. The molecular formula is C45H28N4OS. The lowest BCUT2D eigenvalue weighted by molar-refractivity contribution is 0.394. The Bertz CT molecular complexity index is 2710. The maximum absolute atomic E-state index is 6.44. The molecule has 51 heavy (non-hydrogen) atoms. The first kappa shape index (κ1) is 28.5. The predicted octanol–water partition coefficient (Wildman–Crippen LogP) is 11.7. The molecule has 0 N–H and O–H groups in total. The average Bonchev–Trinajstić information content (AvgIpc) is 3.75. The van der Waals surface area contributed by atoms with Gasteiger partial charge in [-0.25, -0.2) is 15.0 Å². The van der Waals surface area contributed by atoms with Gasteiger partial charge in [-0.1, -0.05) is 121 Å². The first-order valence-electron chi connectivity index (χ1n) is 17.2. The molecule has 0 spiro atoms. The van der Waals surface area contributed by atoms with Crippen molar-refractivity contribution in [3.05, 3.63) is 169 Å². The van der Waals surface area contributed by atoms with Crippen LogP contribution in [0, 0.1) is 0 Å². The molecule has 5 nitrogen and oxygen atoms in total. The number of allylic oxidation sites excluding steroid dienone is 2. The van der Waals surface area contributed by atoms with Crippen molar-refractivity contribution in [3.63, 3.8) is 0 Å². The van der Waals surface area contributed by atoms with Crippen LogP contribution in [0.4, 0.5) is 11.4 Å². The van der Waals surface area contributed by atoms with E-state index in [1.165, 1.54) is 48.2 Å². The number of para-hydroxylation sites is 2. The summed E-state index contributed by atoms with van der Waals surface area (Å²) in [6, 6.07) is 48.8. The summed E-state index contributed by atoms with van der Waals surface area (Å²) in [7, 11) is 0. The van der Waals surface area contributed by atoms with E-state index in [0.29, 0.717) is 17.5 Å². The number of hydrogen-bond donors (Lipinski definition) is 0. The fourth-order valence-corrected chi connectivity index (χ4v) is 9.21. The molecule has 3 aliphatic rings. The van der Waals surface area contributed by atoms with E-state index in [1.54, 1.807) is 0 Å². The molecule has 6 heteroatoms. The second-order valence-corrected chi connectivity index (χ2v) is 14.1. The zero-order valence-corrected chi connectivity index (χ0v) is 28.1. The summed E-state index contributed by atoms with van der Waals surface area (Å²) in [5, 5.41) is 2.44. The van der Waals surface area contributed by atoms with Gasteiger partial charge in [0.05, 0.1) is 17.1 Å². The van der Waals surface area contributed by atoms with Crippen molar-refractivity contribution in [2.75, 3.05) is 4.90 Å². The number of anilines is 2. The van der Waals surface area contributed by atoms with E-state index in [1.807, 2.05) is 53.8 Å². The molecule has 0 saturated carbocycles. The molecule has 0 fully saturated rings. The number of aromatic nitrogens is 3. The lowest BCUT2D eigenvalue weighted by atomic mass is 9.91. The third-order valence-electron chi connectivity index (χ3n) is 10.2. The highest BCUT2D eigenvalue weighted by molar-refractivity contribution is 7.26. The molecule has 11 rings (SSSR count). The highest BCUT2D eigenvalue weighted by Crippen LogP contribution is 2.57. The number of fused-ring (bicyclic) bond motifs is 8. The molecule has 6 aromatic carbocycles. The molecule has 0 bridgehead atoms. The minimum Gasteiger partial charge on any atom is -0.457 e. The van der Waals surface area contributed by atoms with Gasteiger partial charge in [0.25, 0.3) is 0 Å². The second-order valence-electron chi connectivity index (χ2n) is 13.1. The van der Waals surface area contributed by atoms with Crippen LogP contribution in [0.2, 0.25) is 0 Å². The van der Waals surface area contributed by atoms with E-state index in [0.717, 1.165) is 40.3 Å². The van der Waals surface area contributed by atoms with Crippen molar-refractivity contribution in [1.29, 1.82) is 0 Å². The normalized spacial score (nSPS) is 15.5. The second kappa shape index (κ2) is 11.1. The lowest BCUT2D eigenvalue weighted by Gasteiger charge is -2.33. The van der Waals surface area contributed by atoms with Crippen LogP contribution in [0.25, 0.3) is 65.5 Å². The fourth-order valence-electron chi connectivity index (χ4n) is 7.87. The molecule has 4 heterocycles. The fraction of sp³-hybridized carbons (Fsp3) is 0.0444. The number of benzene rings is 6. The van der Waals surface area contributed by atoms with E-state index in [4.69, 9.17) is 19.7 Å². The topological polar surface area (TPSA) is 51.1 Å². The minimum absolute atomic E-state index is 0.159. The molecular weight excluding hydrogens is 645 g/mol. The van der Waals surface area contributed by atoms with Crippen LogP contribution in [-0.4, -0.2) is 15.0 Å². The summed E-state index contributed by atoms with van der Waals surface area (Å²) < 4.78 is 8.86. The minimum atomic E-state index is 0.159. The molecule has 1 aliphatic carbocycles. The molecule has 0 saturated heterocycles. The average molecular weight is 673 g/mol. The van der Waals surface area contributed by atoms with Crippen molar-refractivity contribution in [1.82, 2.24) is 15.0 Å². The van der Waals surface area contributed by atoms with Gasteiger partial charge in [0.2, 0.25) is 0 Å². The summed E-state index contributed by atoms with van der Waals surface area (Å²) in [6.45, 7) is 0. The maximum atomic E-state index is 6.44. The van der Waals surface area contributed by atoms with Crippen molar-refractivity contribution in [2.45, 2.75) is 12.3 Å². The van der Waals surface area contributed by atoms with Crippen LogP contribution < -0.4 is 9.64 Å². The van der Waals surface area contributed by atoms with Gasteiger partial charge >= 0.3 is 0 Å². The van der Waals surface area contributed by atoms with Gasteiger partial charge in [0.15, 0.2) is 23.2 Å². The molecule has 0 amide bonds. The van der Waals surface area contributed by atoms with Crippen molar-refractivity contribution < 1.29 is 4.74 Å². The van der Waals surface area contributed by atoms with Gasteiger partial charge in [-0.2, -0.15) is 0 Å². The zero-order chi connectivity index (χ0) is 33.5. The molecule has 2 aliphatic heterocycles. The Kier molecular flexibility index (Phi) is 6.18. The monoisotopic (exact) mass is 672 g/mol. The Labute approximate surface area is 298 Å². The molecule has 2 aromatic heterocycles. The quantitative estimate of drug-likeness (QED) is 0.174. The van der Waals surface area contributed by atoms with Crippen LogP contribution in [0.15, 0.2) is 163 Å². The third-order valence-corrected chi connectivity index (χ3v) is 11.5. The van der Waals surface area contributed by atoms with Gasteiger partial charge < -0.3 is 9.64 Å². The highest BCUT2D eigenvalue weighted by Gasteiger charge is 2.41. The Balaban J connectivity index is 1.08. The Morgan fingerprint density at radius 2 is 1.22 bits per heavy atom. The van der Waals surface area contributed by atoms with E-state index in [9.17, 15) is 0 Å². The number of hydrogen-bond acceptors (Lipinski definition) is 6. The van der Waals surface area contributed by atoms with Crippen LogP contribution in [0.3, 0.4) is 0 Å². The van der Waals surface area contributed by atoms with Crippen molar-refractivity contribution >= 4 is 42.9 Å². The van der Waals surface area contributed by atoms with E-state index in [-0.39, 0.29) is 5.92 Å². The molecule has 8 aromatic rings. The lowest BCUT2D eigenvalue weighted by Crippen LogP contribution is -2.23. The van der Waals surface area contributed by atoms with Gasteiger partial charge in [-0.05, 0) is 47.0 Å². The molecule has 0 radical (unpaired) electrons. The van der Waals surface area contributed by atoms with Gasteiger partial charge in [0.1, 0.15) is 5.76 Å². The van der Waals surface area contributed by atoms with Gasteiger partial charge in [-0.3, -0.25) is 0 Å². The van der Waals surface area contributed by atoms with E-state index >= 15 is 0 Å². The van der Waals surface area contributed by atoms with Crippen LogP contribution in [-0.2, 0) is 0 Å². The highest BCUT2D eigenvalue weighted by atomic mass is 32.1. The van der Waals surface area contributed by atoms with Crippen LogP contribution >= 0.6 is 11.3 Å². The van der Waals surface area contributed by atoms with Crippen LogP contribution in [0.1, 0.15) is 17.9 Å². The number of nitrogens with zero attached hydrogens (tertiary/aromatic N) is 4. The predicted molar refractivity (Wildman–Crippen MR) is 207 cm³/mol. The number of thiophene rings is 1. The first-order chi connectivity index (χ1) is 25.3. The van der Waals surface area contributed by atoms with Crippen molar-refractivity contribution in [2.24, 2.45) is 0 Å². The summed E-state index contributed by atoms with van der Waals surface area (Å²) in [5.74, 6) is 4.12. The summed E-state index contributed by atoms with van der Waals surface area (Å²) in [4.78, 5) is 17.5. The number of ether oxygens (including phenoxy) is 1. The van der Waals surface area contributed by atoms with Gasteiger partial charge in [-0.15, -0.1) is 11.3 Å². The largest absolute Gasteiger partial charge is 0.457 e. The molecule has 1 atom stereocenters. The summed E-state index contributed by atoms with van der Waals surface area (Å²) in [5.41, 5.74) is 10.2. The third kappa shape index (κ3) is 4.36. The molecule has 240 valence electrons. The summed E-state index contributed by atoms with van der Waals surface area (Å²) in [6.07, 6.45) is 5.40.